The molecule has 172 valence electrons. The maximum absolute atomic E-state index is 11.4. The van der Waals surface area contributed by atoms with Gasteiger partial charge in [-0.15, -0.1) is 0 Å². The highest BCUT2D eigenvalue weighted by Crippen LogP contribution is 2.27. The van der Waals surface area contributed by atoms with Crippen LogP contribution in [0.15, 0.2) is 33.2 Å². The Morgan fingerprint density at radius 1 is 1.10 bits per heavy atom. The van der Waals surface area contributed by atoms with Gasteiger partial charge in [-0.1, -0.05) is 0 Å². The molecule has 0 atom stereocenters. The molecule has 2 N–H and O–H groups in total. The summed E-state index contributed by atoms with van der Waals surface area (Å²) in [6.07, 6.45) is 3.90. The summed E-state index contributed by atoms with van der Waals surface area (Å²) in [5, 5.41) is 19.0. The number of carbonyl (C=O) groups excluding carboxylic acids is 2. The van der Waals surface area contributed by atoms with E-state index >= 15 is 0 Å². The molecular weight excluding hydrogens is 408 g/mol. The zero-order chi connectivity index (χ0) is 22.6. The predicted molar refractivity (Wildman–Crippen MR) is 110 cm³/mol. The fourth-order valence-electron chi connectivity index (χ4n) is 3.35. The lowest BCUT2D eigenvalue weighted by Crippen LogP contribution is -2.18. The lowest BCUT2D eigenvalue weighted by atomic mass is 9.97. The van der Waals surface area contributed by atoms with Crippen molar-refractivity contribution in [3.63, 3.8) is 0 Å². The van der Waals surface area contributed by atoms with E-state index in [2.05, 4.69) is 4.74 Å². The van der Waals surface area contributed by atoms with Gasteiger partial charge in [0.1, 0.15) is 17.9 Å². The van der Waals surface area contributed by atoms with E-state index in [4.69, 9.17) is 13.9 Å². The molecule has 1 aromatic heterocycles. The molecule has 2 saturated heterocycles. The van der Waals surface area contributed by atoms with Crippen LogP contribution in [0.2, 0.25) is 0 Å². The Hall–Kier alpha value is -2.65. The van der Waals surface area contributed by atoms with E-state index in [-0.39, 0.29) is 36.4 Å². The number of hydrogen-bond acceptors (Lipinski definition) is 9. The van der Waals surface area contributed by atoms with Gasteiger partial charge in [0.05, 0.1) is 18.4 Å². The summed E-state index contributed by atoms with van der Waals surface area (Å²) in [5.74, 6) is -0.233. The summed E-state index contributed by atoms with van der Waals surface area (Å²) in [7, 11) is 0. The molecule has 9 heteroatoms. The van der Waals surface area contributed by atoms with Gasteiger partial charge in [0, 0.05) is 50.4 Å². The van der Waals surface area contributed by atoms with Gasteiger partial charge in [0.15, 0.2) is 5.78 Å². The monoisotopic (exact) mass is 438 g/mol. The molecule has 0 unspecified atom stereocenters. The molecule has 0 bridgehead atoms. The van der Waals surface area contributed by atoms with Crippen LogP contribution in [0.4, 0.5) is 0 Å². The maximum Gasteiger partial charge on any atom is 0.339 e. The molecule has 0 spiro atoms. The second kappa shape index (κ2) is 12.9. The highest BCUT2D eigenvalue weighted by atomic mass is 16.5. The first-order valence-electron chi connectivity index (χ1n) is 10.5. The summed E-state index contributed by atoms with van der Waals surface area (Å²) in [6, 6.07) is 2.58. The van der Waals surface area contributed by atoms with Crippen molar-refractivity contribution in [2.75, 3.05) is 33.0 Å². The molecule has 0 saturated carbocycles. The zero-order valence-corrected chi connectivity index (χ0v) is 17.7. The third-order valence-corrected chi connectivity index (χ3v) is 4.97. The van der Waals surface area contributed by atoms with Gasteiger partial charge in [0.25, 0.3) is 0 Å². The van der Waals surface area contributed by atoms with Gasteiger partial charge in [-0.3, -0.25) is 9.59 Å². The third kappa shape index (κ3) is 8.94. The Morgan fingerprint density at radius 2 is 1.71 bits per heavy atom. The number of allylic oxidation sites excluding steroid dienone is 2. The predicted octanol–water partition coefficient (Wildman–Crippen LogP) is 2.62. The number of aliphatic hydroxyl groups excluding tert-OH is 1. The fourth-order valence-corrected chi connectivity index (χ4v) is 3.35. The van der Waals surface area contributed by atoms with Crippen molar-refractivity contribution in [3.8, 4) is 5.75 Å². The summed E-state index contributed by atoms with van der Waals surface area (Å²) in [5.41, 5.74) is -0.494. The van der Waals surface area contributed by atoms with Crippen molar-refractivity contribution in [1.29, 1.82) is 0 Å². The Balaban J connectivity index is 0.000000224. The molecule has 0 amide bonds. The van der Waals surface area contributed by atoms with Crippen LogP contribution in [-0.2, 0) is 23.8 Å². The quantitative estimate of drug-likeness (QED) is 0.298. The number of ketones is 1. The molecule has 2 fully saturated rings. The molecule has 2 aliphatic heterocycles. The van der Waals surface area contributed by atoms with Crippen molar-refractivity contribution >= 4 is 11.8 Å². The molecule has 3 rings (SSSR count). The normalized spacial score (nSPS) is 18.0. The SMILES string of the molecule is CCOC(=O)CC(=O)C=C(O)C1CCOCC1.O=c1cc(O)cc(C2CCOCC2)o1. The lowest BCUT2D eigenvalue weighted by Gasteiger charge is -2.21. The highest BCUT2D eigenvalue weighted by molar-refractivity contribution is 6.02. The second-order valence-corrected chi connectivity index (χ2v) is 7.33. The van der Waals surface area contributed by atoms with Crippen LogP contribution in [0.25, 0.3) is 0 Å². The van der Waals surface area contributed by atoms with Crippen molar-refractivity contribution in [3.05, 3.63) is 40.1 Å². The van der Waals surface area contributed by atoms with Crippen LogP contribution in [0.3, 0.4) is 0 Å². The minimum absolute atomic E-state index is 0.0252. The van der Waals surface area contributed by atoms with Gasteiger partial charge in [-0.05, 0) is 32.6 Å². The Kier molecular flexibility index (Phi) is 10.3. The summed E-state index contributed by atoms with van der Waals surface area (Å²) in [6.45, 7) is 4.48. The van der Waals surface area contributed by atoms with Crippen LogP contribution < -0.4 is 5.63 Å². The third-order valence-electron chi connectivity index (χ3n) is 4.97. The minimum Gasteiger partial charge on any atom is -0.512 e. The average Bonchev–Trinajstić information content (AvgIpc) is 2.75. The number of aliphatic hydroxyl groups is 1. The number of ether oxygens (including phenoxy) is 3. The fraction of sp³-hybridized carbons (Fsp3) is 0.591. The van der Waals surface area contributed by atoms with Crippen molar-refractivity contribution < 1.29 is 38.4 Å². The lowest BCUT2D eigenvalue weighted by molar-refractivity contribution is -0.144. The standard InChI is InChI=1S/C12H18O5.C10H12O4/c1-2-17-12(15)8-10(13)7-11(14)9-3-5-16-6-4-9;11-8-5-9(14-10(12)6-8)7-1-3-13-4-2-7/h7,9,14H,2-6,8H2,1H3;5-7,11H,1-4H2. The van der Waals surface area contributed by atoms with E-state index in [1.165, 1.54) is 6.07 Å². The maximum atomic E-state index is 11.4. The van der Waals surface area contributed by atoms with Crippen LogP contribution in [0, 0.1) is 5.92 Å². The average molecular weight is 438 g/mol. The van der Waals surface area contributed by atoms with Crippen LogP contribution >= 0.6 is 0 Å². The molecular formula is C22H30O9. The van der Waals surface area contributed by atoms with Gasteiger partial charge in [0.2, 0.25) is 0 Å². The topological polar surface area (TPSA) is 132 Å². The number of esters is 1. The van der Waals surface area contributed by atoms with E-state index in [0.717, 1.165) is 25.0 Å². The molecule has 31 heavy (non-hydrogen) atoms. The van der Waals surface area contributed by atoms with E-state index < -0.39 is 17.4 Å². The zero-order valence-electron chi connectivity index (χ0n) is 17.7. The largest absolute Gasteiger partial charge is 0.512 e. The first-order chi connectivity index (χ1) is 14.9. The van der Waals surface area contributed by atoms with Crippen molar-refractivity contribution in [1.82, 2.24) is 0 Å². The molecule has 0 aromatic carbocycles. The van der Waals surface area contributed by atoms with Crippen molar-refractivity contribution in [2.24, 2.45) is 5.92 Å². The minimum atomic E-state index is -0.562. The Bertz CT molecular complexity index is 799. The van der Waals surface area contributed by atoms with Crippen LogP contribution in [-0.4, -0.2) is 55.0 Å². The van der Waals surface area contributed by atoms with E-state index in [1.807, 2.05) is 0 Å². The first-order valence-corrected chi connectivity index (χ1v) is 10.5. The number of aromatic hydroxyl groups is 1. The van der Waals surface area contributed by atoms with Gasteiger partial charge < -0.3 is 28.8 Å². The van der Waals surface area contributed by atoms with Gasteiger partial charge in [-0.25, -0.2) is 4.79 Å². The molecule has 0 aliphatic carbocycles. The van der Waals surface area contributed by atoms with Crippen molar-refractivity contribution in [2.45, 2.75) is 44.9 Å². The molecule has 2 aliphatic rings. The Labute approximate surface area is 180 Å². The number of rotatable bonds is 6. The first kappa shape index (κ1) is 24.6. The summed E-state index contributed by atoms with van der Waals surface area (Å²) in [4.78, 5) is 33.4. The smallest absolute Gasteiger partial charge is 0.339 e. The van der Waals surface area contributed by atoms with Crippen LogP contribution in [0.5, 0.6) is 5.75 Å². The molecule has 9 nitrogen and oxygen atoms in total. The molecule has 1 aromatic rings. The highest BCUT2D eigenvalue weighted by Gasteiger charge is 2.20. The van der Waals surface area contributed by atoms with Crippen LogP contribution in [0.1, 0.15) is 50.7 Å². The Morgan fingerprint density at radius 3 is 2.29 bits per heavy atom. The summed E-state index contributed by atoms with van der Waals surface area (Å²) < 4.78 is 20.0. The summed E-state index contributed by atoms with van der Waals surface area (Å²) >= 11 is 0. The van der Waals surface area contributed by atoms with Gasteiger partial charge in [-0.2, -0.15) is 0 Å². The van der Waals surface area contributed by atoms with E-state index in [9.17, 15) is 24.6 Å². The van der Waals surface area contributed by atoms with E-state index in [0.29, 0.717) is 45.0 Å². The van der Waals surface area contributed by atoms with Gasteiger partial charge >= 0.3 is 11.6 Å². The number of hydrogen-bond donors (Lipinski definition) is 2. The number of carbonyl (C=O) groups is 2. The molecule has 0 radical (unpaired) electrons. The second-order valence-electron chi connectivity index (χ2n) is 7.33. The van der Waals surface area contributed by atoms with E-state index in [1.54, 1.807) is 6.92 Å². The molecule has 3 heterocycles.